The topological polar surface area (TPSA) is 20.2 Å². The van der Waals surface area contributed by atoms with Gasteiger partial charge in [-0.05, 0) is 48.6 Å². The molecule has 0 aliphatic heterocycles. The summed E-state index contributed by atoms with van der Waals surface area (Å²) >= 11 is 1.60. The van der Waals surface area contributed by atoms with Crippen LogP contribution < -0.4 is 0 Å². The van der Waals surface area contributed by atoms with E-state index in [1.807, 2.05) is 6.26 Å². The fraction of sp³-hybridized carbons (Fsp3) is 0.500. The van der Waals surface area contributed by atoms with Crippen LogP contribution in [0, 0.1) is 6.92 Å². The van der Waals surface area contributed by atoms with Crippen molar-refractivity contribution in [2.45, 2.75) is 25.6 Å². The molecular weight excluding hydrogens is 249 g/mol. The number of benzene rings is 1. The molecular formula is C12H15F3OS. The molecule has 1 nitrogen and oxygen atoms in total. The molecule has 1 rings (SSSR count). The van der Waals surface area contributed by atoms with E-state index < -0.39 is 17.8 Å². The largest absolute Gasteiger partial charge is 0.416 e. The first-order valence-corrected chi connectivity index (χ1v) is 6.60. The van der Waals surface area contributed by atoms with Crippen LogP contribution in [-0.4, -0.2) is 17.1 Å². The van der Waals surface area contributed by atoms with Crippen molar-refractivity contribution in [3.8, 4) is 0 Å². The molecule has 0 aliphatic carbocycles. The molecule has 1 N–H and O–H groups in total. The molecule has 1 atom stereocenters. The van der Waals surface area contributed by atoms with Crippen molar-refractivity contribution >= 4 is 11.8 Å². The van der Waals surface area contributed by atoms with Crippen molar-refractivity contribution in [3.05, 3.63) is 34.9 Å². The number of rotatable bonds is 4. The van der Waals surface area contributed by atoms with Gasteiger partial charge in [0.25, 0.3) is 0 Å². The van der Waals surface area contributed by atoms with Crippen LogP contribution in [0.25, 0.3) is 0 Å². The molecule has 1 aromatic carbocycles. The van der Waals surface area contributed by atoms with Crippen LogP contribution in [0.15, 0.2) is 18.2 Å². The van der Waals surface area contributed by atoms with Crippen molar-refractivity contribution in [3.63, 3.8) is 0 Å². The van der Waals surface area contributed by atoms with E-state index in [0.717, 1.165) is 17.9 Å². The molecule has 0 heterocycles. The molecule has 0 fully saturated rings. The average Bonchev–Trinajstić information content (AvgIpc) is 2.24. The maximum Gasteiger partial charge on any atom is 0.416 e. The number of thioether (sulfide) groups is 1. The van der Waals surface area contributed by atoms with Gasteiger partial charge in [0.1, 0.15) is 0 Å². The third kappa shape index (κ3) is 3.92. The van der Waals surface area contributed by atoms with Crippen LogP contribution >= 0.6 is 11.8 Å². The summed E-state index contributed by atoms with van der Waals surface area (Å²) in [6.45, 7) is 1.59. The molecule has 0 saturated heterocycles. The summed E-state index contributed by atoms with van der Waals surface area (Å²) in [5, 5.41) is 9.83. The molecule has 5 heteroatoms. The summed E-state index contributed by atoms with van der Waals surface area (Å²) in [5.41, 5.74) is 0.385. The smallest absolute Gasteiger partial charge is 0.388 e. The quantitative estimate of drug-likeness (QED) is 0.892. The van der Waals surface area contributed by atoms with Gasteiger partial charge in [0.05, 0.1) is 11.7 Å². The van der Waals surface area contributed by atoms with E-state index >= 15 is 0 Å². The summed E-state index contributed by atoms with van der Waals surface area (Å²) in [6, 6.07) is 3.46. The highest BCUT2D eigenvalue weighted by Gasteiger charge is 2.30. The van der Waals surface area contributed by atoms with Crippen LogP contribution in [0.5, 0.6) is 0 Å². The lowest BCUT2D eigenvalue weighted by molar-refractivity contribution is -0.137. The highest BCUT2D eigenvalue weighted by molar-refractivity contribution is 7.98. The molecule has 96 valence electrons. The molecule has 0 amide bonds. The van der Waals surface area contributed by atoms with E-state index in [0.29, 0.717) is 17.5 Å². The number of halogens is 3. The fourth-order valence-corrected chi connectivity index (χ4v) is 2.07. The zero-order valence-corrected chi connectivity index (χ0v) is 10.5. The Morgan fingerprint density at radius 3 is 2.47 bits per heavy atom. The van der Waals surface area contributed by atoms with Crippen LogP contribution in [-0.2, 0) is 6.18 Å². The number of aryl methyl sites for hydroxylation is 1. The highest BCUT2D eigenvalue weighted by Crippen LogP contribution is 2.32. The Morgan fingerprint density at radius 2 is 2.00 bits per heavy atom. The minimum Gasteiger partial charge on any atom is -0.388 e. The minimum absolute atomic E-state index is 0.480. The van der Waals surface area contributed by atoms with Crippen molar-refractivity contribution in [2.75, 3.05) is 12.0 Å². The van der Waals surface area contributed by atoms with Crippen molar-refractivity contribution < 1.29 is 18.3 Å². The molecule has 17 heavy (non-hydrogen) atoms. The zero-order chi connectivity index (χ0) is 13.1. The predicted molar refractivity (Wildman–Crippen MR) is 64.1 cm³/mol. The summed E-state index contributed by atoms with van der Waals surface area (Å²) in [7, 11) is 0. The summed E-state index contributed by atoms with van der Waals surface area (Å²) in [6.07, 6.45) is -2.54. The molecule has 1 unspecified atom stereocenters. The average molecular weight is 264 g/mol. The van der Waals surface area contributed by atoms with E-state index in [1.54, 1.807) is 18.7 Å². The van der Waals surface area contributed by atoms with Crippen molar-refractivity contribution in [2.24, 2.45) is 0 Å². The van der Waals surface area contributed by atoms with Crippen LogP contribution in [0.1, 0.15) is 29.2 Å². The SMILES string of the molecule is CSCCC(O)c1ccc(C(F)(F)F)cc1C. The normalized spacial score (nSPS) is 13.8. The monoisotopic (exact) mass is 264 g/mol. The molecule has 0 radical (unpaired) electrons. The number of aliphatic hydroxyl groups excluding tert-OH is 1. The molecule has 0 saturated carbocycles. The van der Waals surface area contributed by atoms with Gasteiger partial charge in [-0.25, -0.2) is 0 Å². The second-order valence-corrected chi connectivity index (χ2v) is 4.85. The Balaban J connectivity index is 2.90. The van der Waals surface area contributed by atoms with Crippen LogP contribution in [0.2, 0.25) is 0 Å². The highest BCUT2D eigenvalue weighted by atomic mass is 32.2. The molecule has 0 bridgehead atoms. The third-order valence-electron chi connectivity index (χ3n) is 2.55. The minimum atomic E-state index is -4.33. The standard InChI is InChI=1S/C12H15F3OS/c1-8-7-9(12(13,14)15)3-4-10(8)11(16)5-6-17-2/h3-4,7,11,16H,5-6H2,1-2H3. The zero-order valence-electron chi connectivity index (χ0n) is 9.71. The van der Waals surface area contributed by atoms with Gasteiger partial charge in [0.15, 0.2) is 0 Å². The van der Waals surface area contributed by atoms with Gasteiger partial charge in [-0.1, -0.05) is 6.07 Å². The van der Waals surface area contributed by atoms with Gasteiger partial charge in [-0.3, -0.25) is 0 Å². The van der Waals surface area contributed by atoms with Crippen LogP contribution in [0.3, 0.4) is 0 Å². The molecule has 1 aromatic rings. The lowest BCUT2D eigenvalue weighted by Gasteiger charge is -2.15. The first-order valence-electron chi connectivity index (χ1n) is 5.21. The van der Waals surface area contributed by atoms with Gasteiger partial charge in [-0.15, -0.1) is 0 Å². The first-order chi connectivity index (χ1) is 7.86. The Bertz CT molecular complexity index is 377. The number of aliphatic hydroxyl groups is 1. The predicted octanol–water partition coefficient (Wildman–Crippen LogP) is 3.80. The second kappa shape index (κ2) is 5.78. The third-order valence-corrected chi connectivity index (χ3v) is 3.20. The van der Waals surface area contributed by atoms with Crippen molar-refractivity contribution in [1.82, 2.24) is 0 Å². The van der Waals surface area contributed by atoms with Gasteiger partial charge < -0.3 is 5.11 Å². The number of alkyl halides is 3. The van der Waals surface area contributed by atoms with Gasteiger partial charge >= 0.3 is 6.18 Å². The fourth-order valence-electron chi connectivity index (χ4n) is 1.61. The maximum absolute atomic E-state index is 12.4. The summed E-state index contributed by atoms with van der Waals surface area (Å²) in [4.78, 5) is 0. The Hall–Kier alpha value is -0.680. The first kappa shape index (κ1) is 14.4. The lowest BCUT2D eigenvalue weighted by Crippen LogP contribution is -2.08. The molecule has 0 aromatic heterocycles. The second-order valence-electron chi connectivity index (χ2n) is 3.87. The van der Waals surface area contributed by atoms with Gasteiger partial charge in [0.2, 0.25) is 0 Å². The van der Waals surface area contributed by atoms with E-state index in [1.165, 1.54) is 6.07 Å². The van der Waals surface area contributed by atoms with E-state index in [2.05, 4.69) is 0 Å². The summed E-state index contributed by atoms with van der Waals surface area (Å²) < 4.78 is 37.3. The van der Waals surface area contributed by atoms with E-state index in [-0.39, 0.29) is 0 Å². The lowest BCUT2D eigenvalue weighted by atomic mass is 9.99. The molecule has 0 aliphatic rings. The molecule has 0 spiro atoms. The Labute approximate surface area is 103 Å². The Kier molecular flexibility index (Phi) is 4.89. The Morgan fingerprint density at radius 1 is 1.35 bits per heavy atom. The number of hydrogen-bond donors (Lipinski definition) is 1. The van der Waals surface area contributed by atoms with E-state index in [4.69, 9.17) is 0 Å². The van der Waals surface area contributed by atoms with Gasteiger partial charge in [0, 0.05) is 0 Å². The van der Waals surface area contributed by atoms with Crippen molar-refractivity contribution in [1.29, 1.82) is 0 Å². The maximum atomic E-state index is 12.4. The number of hydrogen-bond acceptors (Lipinski definition) is 2. The van der Waals surface area contributed by atoms with Gasteiger partial charge in [-0.2, -0.15) is 24.9 Å². The van der Waals surface area contributed by atoms with Crippen LogP contribution in [0.4, 0.5) is 13.2 Å². The summed E-state index contributed by atoms with van der Waals surface area (Å²) in [5.74, 6) is 0.779. The van der Waals surface area contributed by atoms with E-state index in [9.17, 15) is 18.3 Å².